The Kier molecular flexibility index (Phi) is 37.5. The maximum atomic E-state index is 13.9. The van der Waals surface area contributed by atoms with Gasteiger partial charge >= 0.3 is 53.7 Å². The highest BCUT2D eigenvalue weighted by molar-refractivity contribution is 5.72. The van der Waals surface area contributed by atoms with Crippen LogP contribution in [0.1, 0.15) is 256 Å². The molecule has 1 aliphatic heterocycles. The van der Waals surface area contributed by atoms with Crippen LogP contribution in [0.15, 0.2) is 0 Å². The van der Waals surface area contributed by atoms with Crippen LogP contribution in [0.2, 0.25) is 0 Å². The second kappa shape index (κ2) is 42.0. The van der Waals surface area contributed by atoms with Crippen LogP contribution in [0, 0.1) is 11.8 Å². The minimum absolute atomic E-state index is 0.0446. The fourth-order valence-corrected chi connectivity index (χ4v) is 10.8. The Morgan fingerprint density at radius 2 is 0.610 bits per heavy atom. The van der Waals surface area contributed by atoms with E-state index in [0.29, 0.717) is 18.8 Å². The molecule has 0 amide bonds. The molecule has 0 aromatic carbocycles. The third-order valence-electron chi connectivity index (χ3n) is 14.9. The van der Waals surface area contributed by atoms with E-state index in [-0.39, 0.29) is 12.8 Å². The molecule has 13 atom stereocenters. The van der Waals surface area contributed by atoms with Crippen LogP contribution in [0.3, 0.4) is 0 Å². The monoisotopic (exact) mass is 1170 g/mol. The molecule has 4 unspecified atom stereocenters. The van der Waals surface area contributed by atoms with Gasteiger partial charge in [0.25, 0.3) is 0 Å². The first-order valence-corrected chi connectivity index (χ1v) is 30.9. The van der Waals surface area contributed by atoms with Crippen molar-refractivity contribution in [2.75, 3.05) is 6.61 Å². The fraction of sp³-hybridized carbons (Fsp3) is 0.855. The number of rotatable bonds is 42. The Morgan fingerprint density at radius 1 is 0.329 bits per heavy atom. The molecule has 1 heterocycles. The Morgan fingerprint density at radius 3 is 0.963 bits per heavy atom. The third-order valence-corrected chi connectivity index (χ3v) is 14.9. The summed E-state index contributed by atoms with van der Waals surface area (Å²) in [4.78, 5) is 117. The van der Waals surface area contributed by atoms with Gasteiger partial charge in [-0.2, -0.15) is 0 Å². The van der Waals surface area contributed by atoms with Gasteiger partial charge in [0.05, 0.1) is 0 Å². The average Bonchev–Trinajstić information content (AvgIpc) is 3.38. The lowest BCUT2D eigenvalue weighted by atomic mass is 9.83. The van der Waals surface area contributed by atoms with Crippen molar-refractivity contribution in [3.05, 3.63) is 0 Å². The van der Waals surface area contributed by atoms with Gasteiger partial charge in [0.1, 0.15) is 18.8 Å². The molecule has 1 saturated carbocycles. The lowest BCUT2D eigenvalue weighted by molar-refractivity contribution is -0.343. The van der Waals surface area contributed by atoms with Crippen LogP contribution >= 0.6 is 0 Å². The minimum atomic E-state index is -1.98. The largest absolute Gasteiger partial charge is 0.463 e. The fourth-order valence-electron chi connectivity index (χ4n) is 10.8. The van der Waals surface area contributed by atoms with E-state index in [9.17, 15) is 43.2 Å². The summed E-state index contributed by atoms with van der Waals surface area (Å²) < 4.78 is 64.4. The summed E-state index contributed by atoms with van der Waals surface area (Å²) >= 11 is 0. The highest BCUT2D eigenvalue weighted by Crippen LogP contribution is 2.38. The number of carbonyl (C=O) groups excluding carboxylic acids is 9. The SMILES string of the molecule is CCCCCCCCC(C)CCCCCCCC(=O)O[C@H]1[C@H](OC(C)=O)[C@H](OC(C)=O)[C@@H](OC2[C@@H](OC(C)=O)[C@H](OC(C)=O)C(OC(C)=O)[C@H](OC(C)=O)[C@H]2OC(C)=O)O[C@@H]1COC(=O)CCCCCCCCCC(C)CCCCCC. The second-order valence-electron chi connectivity index (χ2n) is 22.7. The summed E-state index contributed by atoms with van der Waals surface area (Å²) in [5, 5.41) is 0. The van der Waals surface area contributed by atoms with E-state index in [1.165, 1.54) is 89.9 Å². The third kappa shape index (κ3) is 30.6. The molecular formula is C62H104O20. The number of unbranched alkanes of at least 4 members (excludes halogenated alkanes) is 18. The second-order valence-corrected chi connectivity index (χ2v) is 22.7. The molecule has 0 radical (unpaired) electrons. The highest BCUT2D eigenvalue weighted by Gasteiger charge is 2.62. The van der Waals surface area contributed by atoms with E-state index in [0.717, 1.165) is 119 Å². The van der Waals surface area contributed by atoms with Gasteiger partial charge in [-0.3, -0.25) is 43.2 Å². The van der Waals surface area contributed by atoms with Crippen LogP contribution < -0.4 is 0 Å². The minimum Gasteiger partial charge on any atom is -0.463 e. The Bertz CT molecular complexity index is 1860. The van der Waals surface area contributed by atoms with Crippen LogP contribution in [-0.2, 0) is 95.3 Å². The first-order chi connectivity index (χ1) is 39.1. The molecule has 2 rings (SSSR count). The molecule has 20 heteroatoms. The van der Waals surface area contributed by atoms with Crippen molar-refractivity contribution in [2.24, 2.45) is 11.8 Å². The summed E-state index contributed by atoms with van der Waals surface area (Å²) in [6.07, 6.45) is 8.81. The van der Waals surface area contributed by atoms with E-state index < -0.39 is 128 Å². The van der Waals surface area contributed by atoms with E-state index >= 15 is 0 Å². The molecule has 0 aromatic rings. The van der Waals surface area contributed by atoms with Gasteiger partial charge in [-0.1, -0.05) is 182 Å². The molecule has 82 heavy (non-hydrogen) atoms. The van der Waals surface area contributed by atoms with Crippen molar-refractivity contribution >= 4 is 53.7 Å². The molecule has 20 nitrogen and oxygen atoms in total. The van der Waals surface area contributed by atoms with Crippen molar-refractivity contribution in [3.63, 3.8) is 0 Å². The predicted octanol–water partition coefficient (Wildman–Crippen LogP) is 11.3. The molecule has 2 fully saturated rings. The van der Waals surface area contributed by atoms with Gasteiger partial charge < -0.3 is 52.1 Å². The molecule has 472 valence electrons. The molecule has 2 aliphatic rings. The molecule has 0 N–H and O–H groups in total. The normalized spacial score (nSPS) is 24.0. The lowest BCUT2D eigenvalue weighted by Crippen LogP contribution is -2.70. The maximum Gasteiger partial charge on any atom is 0.306 e. The van der Waals surface area contributed by atoms with Gasteiger partial charge in [-0.05, 0) is 24.7 Å². The molecule has 1 saturated heterocycles. The Hall–Kier alpha value is -4.85. The quantitative estimate of drug-likeness (QED) is 0.0313. The van der Waals surface area contributed by atoms with Crippen molar-refractivity contribution in [2.45, 2.75) is 323 Å². The summed E-state index contributed by atoms with van der Waals surface area (Å²) in [5.74, 6) is -6.75. The standard InChI is InChI=1S/C62H104O20/c1-12-14-16-18-23-29-35-42(4)37-31-25-22-27-33-39-52(71)81-53-50(40-72-51(70)38-32-26-21-19-20-24-30-36-41(3)34-28-17-15-13-2)80-62(61(79-49(11)69)54(53)73-43(5)63)82-60-58(77-47(9)67)56(75-45(7)65)55(74-44(6)64)57(76-46(8)66)59(60)78-48(10)68/h41-42,50,53-62H,12-40H2,1-11H3/t41?,42?,50-,53-,54+,55?,56-,57+,58+,59-,60?,61+,62-/m1/s1. The van der Waals surface area contributed by atoms with Gasteiger partial charge in [-0.25, -0.2) is 0 Å². The molecule has 0 bridgehead atoms. The zero-order valence-corrected chi connectivity index (χ0v) is 51.7. The first-order valence-electron chi connectivity index (χ1n) is 30.9. The van der Waals surface area contributed by atoms with Crippen LogP contribution in [0.25, 0.3) is 0 Å². The molecule has 1 aliphatic carbocycles. The molecular weight excluding hydrogens is 1060 g/mol. The number of hydrogen-bond acceptors (Lipinski definition) is 20. The summed E-state index contributed by atoms with van der Waals surface area (Å²) in [5.41, 5.74) is 0. The average molecular weight is 1170 g/mol. The Labute approximate surface area is 489 Å². The van der Waals surface area contributed by atoms with E-state index in [1.54, 1.807) is 0 Å². The van der Waals surface area contributed by atoms with Crippen molar-refractivity contribution < 1.29 is 95.3 Å². The number of esters is 9. The lowest BCUT2D eigenvalue weighted by Gasteiger charge is -2.50. The smallest absolute Gasteiger partial charge is 0.306 e. The number of hydrogen-bond donors (Lipinski definition) is 0. The van der Waals surface area contributed by atoms with Gasteiger partial charge in [-0.15, -0.1) is 0 Å². The zero-order valence-electron chi connectivity index (χ0n) is 51.7. The summed E-state index contributed by atoms with van der Waals surface area (Å²) in [6.45, 7) is 15.6. The van der Waals surface area contributed by atoms with E-state index in [4.69, 9.17) is 52.1 Å². The van der Waals surface area contributed by atoms with Crippen molar-refractivity contribution in [1.82, 2.24) is 0 Å². The van der Waals surface area contributed by atoms with Crippen molar-refractivity contribution in [3.8, 4) is 0 Å². The van der Waals surface area contributed by atoms with Gasteiger partial charge in [0.2, 0.25) is 0 Å². The maximum absolute atomic E-state index is 13.9. The predicted molar refractivity (Wildman–Crippen MR) is 302 cm³/mol. The van der Waals surface area contributed by atoms with Crippen LogP contribution in [0.4, 0.5) is 0 Å². The van der Waals surface area contributed by atoms with E-state index in [1.807, 2.05) is 0 Å². The summed E-state index contributed by atoms with van der Waals surface area (Å²) in [6, 6.07) is 0. The highest BCUT2D eigenvalue weighted by atomic mass is 16.8. The van der Waals surface area contributed by atoms with Gasteiger partial charge in [0, 0.05) is 61.3 Å². The van der Waals surface area contributed by atoms with Crippen LogP contribution in [0.5, 0.6) is 0 Å². The van der Waals surface area contributed by atoms with Crippen LogP contribution in [-0.4, -0.2) is 128 Å². The van der Waals surface area contributed by atoms with Crippen molar-refractivity contribution in [1.29, 1.82) is 0 Å². The molecule has 0 aromatic heterocycles. The number of ether oxygens (including phenoxy) is 11. The topological polar surface area (TPSA) is 255 Å². The zero-order chi connectivity index (χ0) is 61.0. The van der Waals surface area contributed by atoms with Gasteiger partial charge in [0.15, 0.2) is 55.1 Å². The Balaban J connectivity index is 2.46. The molecule has 0 spiro atoms. The first kappa shape index (κ1) is 73.3. The van der Waals surface area contributed by atoms with E-state index in [2.05, 4.69) is 27.7 Å². The number of carbonyl (C=O) groups is 9. The summed E-state index contributed by atoms with van der Waals surface area (Å²) in [7, 11) is 0.